The summed E-state index contributed by atoms with van der Waals surface area (Å²) in [5.74, 6) is 0.706. The van der Waals surface area contributed by atoms with Gasteiger partial charge < -0.3 is 0 Å². The first-order chi connectivity index (χ1) is 12.6. The zero-order valence-electron chi connectivity index (χ0n) is 14.3. The van der Waals surface area contributed by atoms with Crippen LogP contribution in [-0.4, -0.2) is 28.6 Å². The molecule has 0 amide bonds. The average Bonchev–Trinajstić information content (AvgIpc) is 3.39. The molecule has 1 heterocycles. The van der Waals surface area contributed by atoms with Gasteiger partial charge in [-0.15, -0.1) is 5.10 Å². The molecular formula is C18H19N5O2S. The Morgan fingerprint density at radius 2 is 1.77 bits per heavy atom. The standard InChI is InChI=1S/C18H19N5O2S/c1-2-13-3-11-17(12-4-13)26(24,25)20-15-7-5-14(6-8-15)18-19-21-22-23(18)16-9-10-16/h3-8,11-12,16,20H,2,9-10H2,1H3. The topological polar surface area (TPSA) is 89.8 Å². The Kier molecular flexibility index (Phi) is 4.20. The molecule has 0 aliphatic heterocycles. The number of nitrogens with one attached hydrogen (secondary N) is 1. The summed E-state index contributed by atoms with van der Waals surface area (Å²) in [4.78, 5) is 0.247. The summed E-state index contributed by atoms with van der Waals surface area (Å²) < 4.78 is 29.5. The van der Waals surface area contributed by atoms with Crippen molar-refractivity contribution in [2.24, 2.45) is 0 Å². The predicted octanol–water partition coefficient (Wildman–Crippen LogP) is 3.04. The van der Waals surface area contributed by atoms with Gasteiger partial charge in [0.05, 0.1) is 10.9 Å². The molecule has 1 saturated carbocycles. The Balaban J connectivity index is 1.54. The number of rotatable bonds is 6. The van der Waals surface area contributed by atoms with Crippen LogP contribution in [0.25, 0.3) is 11.4 Å². The minimum absolute atomic E-state index is 0.247. The van der Waals surface area contributed by atoms with Gasteiger partial charge in [0.15, 0.2) is 5.82 Å². The fraction of sp³-hybridized carbons (Fsp3) is 0.278. The van der Waals surface area contributed by atoms with Crippen LogP contribution in [0.5, 0.6) is 0 Å². The van der Waals surface area contributed by atoms with E-state index in [0.717, 1.165) is 30.4 Å². The van der Waals surface area contributed by atoms with Gasteiger partial charge >= 0.3 is 0 Å². The van der Waals surface area contributed by atoms with E-state index >= 15 is 0 Å². The smallest absolute Gasteiger partial charge is 0.261 e. The van der Waals surface area contributed by atoms with Gasteiger partial charge in [0.1, 0.15) is 0 Å². The van der Waals surface area contributed by atoms with Crippen LogP contribution in [0.2, 0.25) is 0 Å². The van der Waals surface area contributed by atoms with Crippen molar-refractivity contribution < 1.29 is 8.42 Å². The molecule has 26 heavy (non-hydrogen) atoms. The van der Waals surface area contributed by atoms with Crippen LogP contribution < -0.4 is 4.72 Å². The molecule has 134 valence electrons. The van der Waals surface area contributed by atoms with Crippen LogP contribution in [0.1, 0.15) is 31.4 Å². The summed E-state index contributed by atoms with van der Waals surface area (Å²) in [6.07, 6.45) is 3.05. The SMILES string of the molecule is CCc1ccc(S(=O)(=O)Nc2ccc(-c3nnnn3C3CC3)cc2)cc1. The summed E-state index contributed by atoms with van der Waals surface area (Å²) >= 11 is 0. The highest BCUT2D eigenvalue weighted by molar-refractivity contribution is 7.92. The zero-order valence-corrected chi connectivity index (χ0v) is 15.1. The van der Waals surface area contributed by atoms with Gasteiger partial charge in [-0.3, -0.25) is 4.72 Å². The van der Waals surface area contributed by atoms with Gasteiger partial charge in [0.25, 0.3) is 10.0 Å². The molecule has 0 unspecified atom stereocenters. The van der Waals surface area contributed by atoms with Crippen LogP contribution in [0.15, 0.2) is 53.4 Å². The van der Waals surface area contributed by atoms with Crippen molar-refractivity contribution in [3.05, 3.63) is 54.1 Å². The van der Waals surface area contributed by atoms with E-state index in [2.05, 4.69) is 20.2 Å². The Morgan fingerprint density at radius 1 is 1.08 bits per heavy atom. The molecule has 0 saturated heterocycles. The minimum atomic E-state index is -3.61. The van der Waals surface area contributed by atoms with Gasteiger partial charge in [-0.25, -0.2) is 13.1 Å². The largest absolute Gasteiger partial charge is 0.280 e. The molecule has 1 aliphatic rings. The fourth-order valence-electron chi connectivity index (χ4n) is 2.75. The van der Waals surface area contributed by atoms with Crippen molar-refractivity contribution in [3.63, 3.8) is 0 Å². The van der Waals surface area contributed by atoms with Gasteiger partial charge in [0.2, 0.25) is 0 Å². The normalized spacial score (nSPS) is 14.3. The highest BCUT2D eigenvalue weighted by atomic mass is 32.2. The lowest BCUT2D eigenvalue weighted by atomic mass is 10.2. The minimum Gasteiger partial charge on any atom is -0.280 e. The van der Waals surface area contributed by atoms with E-state index in [0.29, 0.717) is 17.6 Å². The second-order valence-corrected chi connectivity index (χ2v) is 8.04. The maximum atomic E-state index is 12.5. The Labute approximate surface area is 152 Å². The number of hydrogen-bond donors (Lipinski definition) is 1. The molecule has 1 N–H and O–H groups in total. The molecule has 4 rings (SSSR count). The monoisotopic (exact) mass is 369 g/mol. The molecule has 0 bridgehead atoms. The third-order valence-corrected chi connectivity index (χ3v) is 5.82. The molecule has 0 radical (unpaired) electrons. The molecule has 7 nitrogen and oxygen atoms in total. The number of nitrogens with zero attached hydrogens (tertiary/aromatic N) is 4. The molecule has 3 aromatic rings. The number of sulfonamides is 1. The van der Waals surface area contributed by atoms with Crippen LogP contribution in [0.4, 0.5) is 5.69 Å². The fourth-order valence-corrected chi connectivity index (χ4v) is 3.81. The van der Waals surface area contributed by atoms with Gasteiger partial charge in [0, 0.05) is 11.3 Å². The second-order valence-electron chi connectivity index (χ2n) is 6.36. The van der Waals surface area contributed by atoms with E-state index in [9.17, 15) is 8.42 Å². The molecule has 1 fully saturated rings. The molecule has 0 spiro atoms. The molecule has 1 aliphatic carbocycles. The van der Waals surface area contributed by atoms with Crippen LogP contribution in [0, 0.1) is 0 Å². The van der Waals surface area contributed by atoms with E-state index in [-0.39, 0.29) is 4.90 Å². The van der Waals surface area contributed by atoms with Crippen molar-refractivity contribution in [2.75, 3.05) is 4.72 Å². The van der Waals surface area contributed by atoms with Gasteiger partial charge in [-0.2, -0.15) is 0 Å². The first kappa shape index (κ1) is 16.7. The van der Waals surface area contributed by atoms with Crippen LogP contribution in [-0.2, 0) is 16.4 Å². The third kappa shape index (κ3) is 3.32. The number of benzene rings is 2. The van der Waals surface area contributed by atoms with Gasteiger partial charge in [-0.05, 0) is 71.7 Å². The molecule has 1 aromatic heterocycles. The van der Waals surface area contributed by atoms with Crippen molar-refractivity contribution in [3.8, 4) is 11.4 Å². The zero-order chi connectivity index (χ0) is 18.1. The first-order valence-electron chi connectivity index (χ1n) is 8.57. The molecular weight excluding hydrogens is 350 g/mol. The second kappa shape index (κ2) is 6.53. The average molecular weight is 369 g/mol. The van der Waals surface area contributed by atoms with Gasteiger partial charge in [-0.1, -0.05) is 19.1 Å². The van der Waals surface area contributed by atoms with E-state index in [1.807, 2.05) is 35.9 Å². The molecule has 2 aromatic carbocycles. The quantitative estimate of drug-likeness (QED) is 0.721. The lowest BCUT2D eigenvalue weighted by Crippen LogP contribution is -2.12. The lowest BCUT2D eigenvalue weighted by molar-refractivity contribution is 0.601. The summed E-state index contributed by atoms with van der Waals surface area (Å²) in [6.45, 7) is 2.03. The Bertz CT molecular complexity index is 1010. The molecule has 8 heteroatoms. The number of hydrogen-bond acceptors (Lipinski definition) is 5. The number of tetrazole rings is 1. The van der Waals surface area contributed by atoms with Crippen LogP contribution in [0.3, 0.4) is 0 Å². The maximum Gasteiger partial charge on any atom is 0.261 e. The van der Waals surface area contributed by atoms with Crippen molar-refractivity contribution >= 4 is 15.7 Å². The maximum absolute atomic E-state index is 12.5. The number of aromatic nitrogens is 4. The summed E-state index contributed by atoms with van der Waals surface area (Å²) in [5.41, 5.74) is 2.46. The van der Waals surface area contributed by atoms with E-state index in [1.165, 1.54) is 0 Å². The predicted molar refractivity (Wildman–Crippen MR) is 98.2 cm³/mol. The number of aryl methyl sites for hydroxylation is 1. The highest BCUT2D eigenvalue weighted by Gasteiger charge is 2.28. The first-order valence-corrected chi connectivity index (χ1v) is 10.1. The molecule has 0 atom stereocenters. The Morgan fingerprint density at radius 3 is 2.38 bits per heavy atom. The Hall–Kier alpha value is -2.74. The van der Waals surface area contributed by atoms with Crippen molar-refractivity contribution in [1.29, 1.82) is 0 Å². The van der Waals surface area contributed by atoms with Crippen molar-refractivity contribution in [2.45, 2.75) is 37.1 Å². The van der Waals surface area contributed by atoms with E-state index in [4.69, 9.17) is 0 Å². The summed E-state index contributed by atoms with van der Waals surface area (Å²) in [6, 6.07) is 14.4. The van der Waals surface area contributed by atoms with Crippen molar-refractivity contribution in [1.82, 2.24) is 20.2 Å². The van der Waals surface area contributed by atoms with E-state index in [1.54, 1.807) is 24.3 Å². The summed E-state index contributed by atoms with van der Waals surface area (Å²) in [7, 11) is -3.61. The lowest BCUT2D eigenvalue weighted by Gasteiger charge is -2.09. The van der Waals surface area contributed by atoms with Crippen LogP contribution >= 0.6 is 0 Å². The number of anilines is 1. The summed E-state index contributed by atoms with van der Waals surface area (Å²) in [5, 5.41) is 11.9. The third-order valence-electron chi connectivity index (χ3n) is 4.42. The highest BCUT2D eigenvalue weighted by Crippen LogP contribution is 2.36. The van der Waals surface area contributed by atoms with E-state index < -0.39 is 10.0 Å².